The van der Waals surface area contributed by atoms with Crippen LogP contribution in [0, 0.1) is 3.57 Å². The van der Waals surface area contributed by atoms with Crippen LogP contribution in [-0.4, -0.2) is 19.7 Å². The molecule has 0 aliphatic heterocycles. The van der Waals surface area contributed by atoms with E-state index in [0.717, 1.165) is 0 Å². The number of nitrogens with zero attached hydrogens (tertiary/aromatic N) is 3. The topological polar surface area (TPSA) is 89.6 Å². The molecule has 0 aliphatic rings. The maximum Gasteiger partial charge on any atom is 0.266 e. The summed E-state index contributed by atoms with van der Waals surface area (Å²) in [4.78, 5) is 17.8. The van der Waals surface area contributed by atoms with Crippen molar-refractivity contribution in [2.24, 2.45) is 0 Å². The molecule has 2 heterocycles. The van der Waals surface area contributed by atoms with Gasteiger partial charge in [0.25, 0.3) is 5.56 Å². The first-order valence-corrected chi connectivity index (χ1v) is 5.71. The lowest BCUT2D eigenvalue weighted by Gasteiger charge is -2.00. The number of nitrogens with two attached hydrogens (primary N) is 1. The lowest BCUT2D eigenvalue weighted by molar-refractivity contribution is 0.831. The van der Waals surface area contributed by atoms with Crippen LogP contribution in [0.15, 0.2) is 21.8 Å². The highest BCUT2D eigenvalue weighted by Gasteiger charge is 2.10. The summed E-state index contributed by atoms with van der Waals surface area (Å²) in [5.74, 6) is 0.810. The number of hydrogen-bond acceptors (Lipinski definition) is 4. The van der Waals surface area contributed by atoms with Gasteiger partial charge in [-0.2, -0.15) is 0 Å². The molecule has 0 bridgehead atoms. The van der Waals surface area contributed by atoms with E-state index in [4.69, 9.17) is 5.73 Å². The molecule has 15 heavy (non-hydrogen) atoms. The molecular formula is C7H5BrIN5O. The second-order valence-corrected chi connectivity index (χ2v) is 4.61. The Morgan fingerprint density at radius 3 is 2.93 bits per heavy atom. The van der Waals surface area contributed by atoms with E-state index in [-0.39, 0.29) is 5.56 Å². The molecule has 78 valence electrons. The first kappa shape index (κ1) is 10.6. The summed E-state index contributed by atoms with van der Waals surface area (Å²) in [5, 5.41) is 4.01. The van der Waals surface area contributed by atoms with Crippen molar-refractivity contribution >= 4 is 44.3 Å². The molecule has 0 saturated heterocycles. The number of halogens is 2. The van der Waals surface area contributed by atoms with Crippen LogP contribution in [0.2, 0.25) is 0 Å². The van der Waals surface area contributed by atoms with Gasteiger partial charge in [-0.15, -0.1) is 5.10 Å². The zero-order chi connectivity index (χ0) is 11.0. The summed E-state index contributed by atoms with van der Waals surface area (Å²) in [7, 11) is 0. The monoisotopic (exact) mass is 381 g/mol. The SMILES string of the molecule is Nc1nn(-c2nc[nH]c(=O)c2I)cc1Br. The number of nitrogens with one attached hydrogen (secondary N) is 1. The minimum atomic E-state index is -0.203. The van der Waals surface area contributed by atoms with E-state index in [2.05, 4.69) is 31.0 Å². The van der Waals surface area contributed by atoms with Gasteiger partial charge in [0.2, 0.25) is 0 Å². The van der Waals surface area contributed by atoms with Crippen molar-refractivity contribution < 1.29 is 0 Å². The Bertz CT molecular complexity index is 543. The van der Waals surface area contributed by atoms with E-state index in [1.807, 2.05) is 22.6 Å². The summed E-state index contributed by atoms with van der Waals surface area (Å²) in [5.41, 5.74) is 5.37. The zero-order valence-corrected chi connectivity index (χ0v) is 11.0. The molecule has 0 saturated carbocycles. The van der Waals surface area contributed by atoms with Crippen LogP contribution in [0.3, 0.4) is 0 Å². The van der Waals surface area contributed by atoms with E-state index >= 15 is 0 Å². The maximum absolute atomic E-state index is 11.3. The molecule has 2 aromatic rings. The molecule has 3 N–H and O–H groups in total. The standard InChI is InChI=1S/C7H5BrIN5O/c8-3-1-14(13-5(3)10)6-4(9)7(15)12-2-11-6/h1-2H,(H2,10,13)(H,11,12,15). The molecule has 0 fully saturated rings. The van der Waals surface area contributed by atoms with Gasteiger partial charge < -0.3 is 10.7 Å². The average Bonchev–Trinajstić information content (AvgIpc) is 2.51. The molecule has 0 aromatic carbocycles. The lowest BCUT2D eigenvalue weighted by atomic mass is 10.6. The van der Waals surface area contributed by atoms with Crippen molar-refractivity contribution in [1.29, 1.82) is 0 Å². The molecule has 0 atom stereocenters. The van der Waals surface area contributed by atoms with Gasteiger partial charge in [0.15, 0.2) is 11.6 Å². The van der Waals surface area contributed by atoms with Crippen molar-refractivity contribution in [1.82, 2.24) is 19.7 Å². The van der Waals surface area contributed by atoms with E-state index < -0.39 is 0 Å². The molecule has 2 aromatic heterocycles. The third-order valence-corrected chi connectivity index (χ3v) is 3.27. The Balaban J connectivity index is 2.64. The highest BCUT2D eigenvalue weighted by atomic mass is 127. The van der Waals surface area contributed by atoms with Crippen molar-refractivity contribution in [3.8, 4) is 5.82 Å². The van der Waals surface area contributed by atoms with Crippen LogP contribution in [0.4, 0.5) is 5.82 Å². The van der Waals surface area contributed by atoms with Crippen LogP contribution in [-0.2, 0) is 0 Å². The second-order valence-electron chi connectivity index (χ2n) is 2.68. The van der Waals surface area contributed by atoms with Crippen molar-refractivity contribution in [2.75, 3.05) is 5.73 Å². The number of rotatable bonds is 1. The molecular weight excluding hydrogens is 377 g/mol. The molecule has 0 radical (unpaired) electrons. The van der Waals surface area contributed by atoms with Crippen molar-refractivity contribution in [3.05, 3.63) is 30.9 Å². The van der Waals surface area contributed by atoms with E-state index in [0.29, 0.717) is 19.7 Å². The van der Waals surface area contributed by atoms with E-state index in [1.165, 1.54) is 11.0 Å². The summed E-state index contributed by atoms with van der Waals surface area (Å²) in [6.45, 7) is 0. The third kappa shape index (κ3) is 1.91. The number of aromatic amines is 1. The van der Waals surface area contributed by atoms with Crippen LogP contribution in [0.1, 0.15) is 0 Å². The fraction of sp³-hybridized carbons (Fsp3) is 0. The fourth-order valence-corrected chi connectivity index (χ4v) is 1.82. The summed E-state index contributed by atoms with van der Waals surface area (Å²) in [6, 6.07) is 0. The van der Waals surface area contributed by atoms with Crippen LogP contribution in [0.25, 0.3) is 5.82 Å². The lowest BCUT2D eigenvalue weighted by Crippen LogP contribution is -2.15. The van der Waals surface area contributed by atoms with Gasteiger partial charge in [-0.1, -0.05) is 0 Å². The molecule has 0 unspecified atom stereocenters. The molecule has 6 nitrogen and oxygen atoms in total. The first-order valence-electron chi connectivity index (χ1n) is 3.84. The Labute approximate surface area is 106 Å². The van der Waals surface area contributed by atoms with E-state index in [9.17, 15) is 4.79 Å². The Morgan fingerprint density at radius 1 is 1.60 bits per heavy atom. The molecule has 0 aliphatic carbocycles. The highest BCUT2D eigenvalue weighted by molar-refractivity contribution is 14.1. The number of hydrogen-bond donors (Lipinski definition) is 2. The fourth-order valence-electron chi connectivity index (χ4n) is 1.01. The zero-order valence-electron chi connectivity index (χ0n) is 7.24. The molecule has 8 heteroatoms. The minimum Gasteiger partial charge on any atom is -0.381 e. The number of nitrogen functional groups attached to an aromatic ring is 1. The van der Waals surface area contributed by atoms with Crippen LogP contribution < -0.4 is 11.3 Å². The van der Waals surface area contributed by atoms with Gasteiger partial charge in [-0.3, -0.25) is 4.79 Å². The first-order chi connectivity index (χ1) is 7.09. The number of aromatic nitrogens is 4. The predicted octanol–water partition coefficient (Wildman–Crippen LogP) is 0.905. The Hall–Kier alpha value is -0.900. The largest absolute Gasteiger partial charge is 0.381 e. The average molecular weight is 382 g/mol. The van der Waals surface area contributed by atoms with Gasteiger partial charge in [-0.05, 0) is 38.5 Å². The third-order valence-electron chi connectivity index (χ3n) is 1.69. The summed E-state index contributed by atoms with van der Waals surface area (Å²) >= 11 is 5.14. The van der Waals surface area contributed by atoms with Crippen molar-refractivity contribution in [3.63, 3.8) is 0 Å². The van der Waals surface area contributed by atoms with E-state index in [1.54, 1.807) is 6.20 Å². The minimum absolute atomic E-state index is 0.203. The van der Waals surface area contributed by atoms with Gasteiger partial charge in [0.1, 0.15) is 3.57 Å². The van der Waals surface area contributed by atoms with Gasteiger partial charge in [-0.25, -0.2) is 9.67 Å². The predicted molar refractivity (Wildman–Crippen MR) is 66.8 cm³/mol. The Morgan fingerprint density at radius 2 is 2.33 bits per heavy atom. The number of H-pyrrole nitrogens is 1. The van der Waals surface area contributed by atoms with Crippen LogP contribution in [0.5, 0.6) is 0 Å². The van der Waals surface area contributed by atoms with Gasteiger partial charge in [0, 0.05) is 6.20 Å². The van der Waals surface area contributed by atoms with Crippen molar-refractivity contribution in [2.45, 2.75) is 0 Å². The quantitative estimate of drug-likeness (QED) is 0.718. The normalized spacial score (nSPS) is 10.5. The maximum atomic E-state index is 11.3. The number of anilines is 1. The van der Waals surface area contributed by atoms with Gasteiger partial charge >= 0.3 is 0 Å². The molecule has 2 rings (SSSR count). The smallest absolute Gasteiger partial charge is 0.266 e. The molecule has 0 spiro atoms. The van der Waals surface area contributed by atoms with Crippen LogP contribution >= 0.6 is 38.5 Å². The highest BCUT2D eigenvalue weighted by Crippen LogP contribution is 2.19. The molecule has 0 amide bonds. The summed E-state index contributed by atoms with van der Waals surface area (Å²) < 4.78 is 2.58. The Kier molecular flexibility index (Phi) is 2.78. The summed E-state index contributed by atoms with van der Waals surface area (Å²) in [6.07, 6.45) is 2.98. The second kappa shape index (κ2) is 3.93. The van der Waals surface area contributed by atoms with Gasteiger partial charge in [0.05, 0.1) is 10.8 Å².